The maximum Gasteiger partial charge on any atom is 0.332 e. The summed E-state index contributed by atoms with van der Waals surface area (Å²) in [7, 11) is 0. The molecule has 1 amide bonds. The first kappa shape index (κ1) is 15.6. The lowest BCUT2D eigenvalue weighted by atomic mass is 10.3. The molecule has 9 nitrogen and oxygen atoms in total. The zero-order valence-electron chi connectivity index (χ0n) is 11.6. The van der Waals surface area contributed by atoms with Crippen molar-refractivity contribution in [2.45, 2.75) is 33.2 Å². The Bertz CT molecular complexity index is 519. The molecule has 1 atom stereocenters. The van der Waals surface area contributed by atoms with Gasteiger partial charge in [-0.05, 0) is 20.3 Å². The number of rotatable bonds is 7. The Labute approximate surface area is 116 Å². The molecule has 0 fully saturated rings. The minimum Gasteiger partial charge on any atom is -0.368 e. The summed E-state index contributed by atoms with van der Waals surface area (Å²) < 4.78 is 0. The van der Waals surface area contributed by atoms with Crippen LogP contribution in [0.25, 0.3) is 0 Å². The molecule has 0 aromatic carbocycles. The molecule has 0 spiro atoms. The van der Waals surface area contributed by atoms with Crippen molar-refractivity contribution < 1.29 is 9.72 Å². The zero-order chi connectivity index (χ0) is 15.3. The van der Waals surface area contributed by atoms with Crippen molar-refractivity contribution in [3.05, 3.63) is 15.8 Å². The summed E-state index contributed by atoms with van der Waals surface area (Å²) in [6.45, 7) is 5.63. The SMILES string of the molecule is CCCNc1nc(C)c([N+](=O)[O-])c(NC(C)C(N)=O)n1. The Kier molecular flexibility index (Phi) is 5.18. The second kappa shape index (κ2) is 6.64. The van der Waals surface area contributed by atoms with Crippen molar-refractivity contribution in [1.29, 1.82) is 0 Å². The summed E-state index contributed by atoms with van der Waals surface area (Å²) in [4.78, 5) is 29.6. The maximum atomic E-state index is 11.1. The standard InChI is InChI=1S/C11H18N6O3/c1-4-5-13-11-15-6(2)8(17(19)20)10(16-11)14-7(3)9(12)18/h7H,4-5H2,1-3H3,(H2,12,18)(H2,13,14,15,16). The van der Waals surface area contributed by atoms with Crippen molar-refractivity contribution >= 4 is 23.4 Å². The third-order valence-corrected chi connectivity index (χ3v) is 2.55. The van der Waals surface area contributed by atoms with Gasteiger partial charge in [-0.3, -0.25) is 14.9 Å². The molecule has 1 unspecified atom stereocenters. The number of hydrogen-bond acceptors (Lipinski definition) is 7. The van der Waals surface area contributed by atoms with Crippen molar-refractivity contribution in [2.75, 3.05) is 17.2 Å². The van der Waals surface area contributed by atoms with Crippen LogP contribution in [0.4, 0.5) is 17.5 Å². The average Bonchev–Trinajstić information content (AvgIpc) is 2.35. The van der Waals surface area contributed by atoms with E-state index in [1.54, 1.807) is 0 Å². The first-order chi connectivity index (χ1) is 9.36. The summed E-state index contributed by atoms with van der Waals surface area (Å²) in [5, 5.41) is 16.7. The van der Waals surface area contributed by atoms with Crippen LogP contribution in [-0.2, 0) is 4.79 Å². The van der Waals surface area contributed by atoms with Crippen LogP contribution in [0.2, 0.25) is 0 Å². The van der Waals surface area contributed by atoms with Gasteiger partial charge in [0.2, 0.25) is 17.7 Å². The number of nitrogens with zero attached hydrogens (tertiary/aromatic N) is 3. The molecule has 0 saturated carbocycles. The number of primary amides is 1. The van der Waals surface area contributed by atoms with Gasteiger partial charge in [0.25, 0.3) is 0 Å². The lowest BCUT2D eigenvalue weighted by Gasteiger charge is -2.13. The van der Waals surface area contributed by atoms with E-state index in [-0.39, 0.29) is 23.1 Å². The normalized spacial score (nSPS) is 11.8. The fourth-order valence-corrected chi connectivity index (χ4v) is 1.48. The summed E-state index contributed by atoms with van der Waals surface area (Å²) in [6, 6.07) is -0.776. The van der Waals surface area contributed by atoms with E-state index in [2.05, 4.69) is 20.6 Å². The fourth-order valence-electron chi connectivity index (χ4n) is 1.48. The molecule has 0 radical (unpaired) electrons. The van der Waals surface area contributed by atoms with Gasteiger partial charge in [-0.2, -0.15) is 4.98 Å². The third-order valence-electron chi connectivity index (χ3n) is 2.55. The van der Waals surface area contributed by atoms with Gasteiger partial charge >= 0.3 is 5.69 Å². The van der Waals surface area contributed by atoms with E-state index in [0.29, 0.717) is 6.54 Å². The number of amides is 1. The lowest BCUT2D eigenvalue weighted by molar-refractivity contribution is -0.385. The molecular formula is C11H18N6O3. The third kappa shape index (κ3) is 3.77. The second-order valence-corrected chi connectivity index (χ2v) is 4.28. The summed E-state index contributed by atoms with van der Waals surface area (Å²) >= 11 is 0. The lowest BCUT2D eigenvalue weighted by Crippen LogP contribution is -2.33. The number of carbonyl (C=O) groups excluding carboxylic acids is 1. The van der Waals surface area contributed by atoms with Crippen LogP contribution >= 0.6 is 0 Å². The van der Waals surface area contributed by atoms with E-state index in [0.717, 1.165) is 6.42 Å². The monoisotopic (exact) mass is 282 g/mol. The Morgan fingerprint density at radius 1 is 1.50 bits per heavy atom. The smallest absolute Gasteiger partial charge is 0.332 e. The molecule has 0 aliphatic carbocycles. The van der Waals surface area contributed by atoms with Crippen LogP contribution in [0, 0.1) is 17.0 Å². The molecule has 1 aromatic heterocycles. The van der Waals surface area contributed by atoms with Crippen LogP contribution in [0.3, 0.4) is 0 Å². The van der Waals surface area contributed by atoms with Gasteiger partial charge in [-0.25, -0.2) is 4.98 Å². The Hall–Kier alpha value is -2.45. The number of nitrogens with one attached hydrogen (secondary N) is 2. The Balaban J connectivity index is 3.17. The number of aryl methyl sites for hydroxylation is 1. The molecule has 4 N–H and O–H groups in total. The minimum absolute atomic E-state index is 0.0209. The van der Waals surface area contributed by atoms with E-state index in [1.807, 2.05) is 6.92 Å². The van der Waals surface area contributed by atoms with Gasteiger partial charge in [0, 0.05) is 6.54 Å². The molecule has 9 heteroatoms. The topological polar surface area (TPSA) is 136 Å². The molecule has 0 aliphatic rings. The van der Waals surface area contributed by atoms with Crippen LogP contribution in [0.1, 0.15) is 26.0 Å². The highest BCUT2D eigenvalue weighted by molar-refractivity contribution is 5.83. The van der Waals surface area contributed by atoms with Crippen molar-refractivity contribution in [3.63, 3.8) is 0 Å². The minimum atomic E-state index is -0.776. The molecule has 0 saturated heterocycles. The number of nitro groups is 1. The van der Waals surface area contributed by atoms with Crippen LogP contribution in [-0.4, -0.2) is 33.4 Å². The predicted molar refractivity (Wildman–Crippen MR) is 74.5 cm³/mol. The number of aromatic nitrogens is 2. The first-order valence-corrected chi connectivity index (χ1v) is 6.19. The second-order valence-electron chi connectivity index (χ2n) is 4.28. The molecule has 110 valence electrons. The molecule has 0 aliphatic heterocycles. The summed E-state index contributed by atoms with van der Waals surface area (Å²) in [6.07, 6.45) is 0.861. The van der Waals surface area contributed by atoms with E-state index < -0.39 is 16.9 Å². The highest BCUT2D eigenvalue weighted by atomic mass is 16.6. The van der Waals surface area contributed by atoms with E-state index >= 15 is 0 Å². The molecule has 0 bridgehead atoms. The van der Waals surface area contributed by atoms with Gasteiger partial charge < -0.3 is 16.4 Å². The van der Waals surface area contributed by atoms with E-state index in [1.165, 1.54) is 13.8 Å². The van der Waals surface area contributed by atoms with Crippen molar-refractivity contribution in [2.24, 2.45) is 5.73 Å². The van der Waals surface area contributed by atoms with Gasteiger partial charge in [-0.15, -0.1) is 0 Å². The molecule has 1 heterocycles. The zero-order valence-corrected chi connectivity index (χ0v) is 11.6. The van der Waals surface area contributed by atoms with Gasteiger partial charge in [0.1, 0.15) is 11.7 Å². The molecular weight excluding hydrogens is 264 g/mol. The summed E-state index contributed by atoms with van der Waals surface area (Å²) in [5.74, 6) is -0.375. The van der Waals surface area contributed by atoms with Crippen molar-refractivity contribution in [3.8, 4) is 0 Å². The highest BCUT2D eigenvalue weighted by Gasteiger charge is 2.24. The Morgan fingerprint density at radius 2 is 2.15 bits per heavy atom. The van der Waals surface area contributed by atoms with Gasteiger partial charge in [0.15, 0.2) is 0 Å². The van der Waals surface area contributed by atoms with Gasteiger partial charge in [0.05, 0.1) is 4.92 Å². The molecule has 20 heavy (non-hydrogen) atoms. The molecule has 1 aromatic rings. The van der Waals surface area contributed by atoms with Crippen LogP contribution in [0.15, 0.2) is 0 Å². The fraction of sp³-hybridized carbons (Fsp3) is 0.545. The predicted octanol–water partition coefficient (Wildman–Crippen LogP) is 0.801. The first-order valence-electron chi connectivity index (χ1n) is 6.19. The average molecular weight is 282 g/mol. The quantitative estimate of drug-likeness (QED) is 0.497. The maximum absolute atomic E-state index is 11.1. The van der Waals surface area contributed by atoms with Crippen LogP contribution in [0.5, 0.6) is 0 Å². The molecule has 1 rings (SSSR count). The van der Waals surface area contributed by atoms with Crippen molar-refractivity contribution in [1.82, 2.24) is 9.97 Å². The number of hydrogen-bond donors (Lipinski definition) is 3. The van der Waals surface area contributed by atoms with E-state index in [9.17, 15) is 14.9 Å². The van der Waals surface area contributed by atoms with Crippen LogP contribution < -0.4 is 16.4 Å². The number of nitrogens with two attached hydrogens (primary N) is 1. The largest absolute Gasteiger partial charge is 0.368 e. The van der Waals surface area contributed by atoms with E-state index in [4.69, 9.17) is 5.73 Å². The number of carbonyl (C=O) groups is 1. The summed E-state index contributed by atoms with van der Waals surface area (Å²) in [5.41, 5.74) is 5.08. The van der Waals surface area contributed by atoms with Gasteiger partial charge in [-0.1, -0.05) is 6.92 Å². The Morgan fingerprint density at radius 3 is 2.65 bits per heavy atom. The number of anilines is 2. The highest BCUT2D eigenvalue weighted by Crippen LogP contribution is 2.26.